The van der Waals surface area contributed by atoms with Crippen molar-refractivity contribution in [2.45, 2.75) is 13.1 Å². The molecular weight excluding hydrogens is 445 g/mol. The summed E-state index contributed by atoms with van der Waals surface area (Å²) in [5.74, 6) is 0. The van der Waals surface area contributed by atoms with Gasteiger partial charge in [0.15, 0.2) is 0 Å². The lowest BCUT2D eigenvalue weighted by atomic mass is 10.0. The lowest BCUT2D eigenvalue weighted by molar-refractivity contribution is -0.137. The van der Waals surface area contributed by atoms with Gasteiger partial charge in [-0.25, -0.2) is 4.79 Å². The summed E-state index contributed by atoms with van der Waals surface area (Å²) in [5, 5.41) is 10.4. The van der Waals surface area contributed by atoms with Crippen LogP contribution in [0.25, 0.3) is 22.0 Å². The maximum atomic E-state index is 13.6. The molecule has 4 rings (SSSR count). The van der Waals surface area contributed by atoms with Crippen LogP contribution in [0.3, 0.4) is 0 Å². The Labute approximate surface area is 194 Å². The van der Waals surface area contributed by atoms with Crippen molar-refractivity contribution >= 4 is 34.0 Å². The first-order chi connectivity index (χ1) is 16.1. The van der Waals surface area contributed by atoms with E-state index in [1.54, 1.807) is 35.4 Å². The molecule has 0 fully saturated rings. The summed E-state index contributed by atoms with van der Waals surface area (Å²) in [6.45, 7) is 1.34. The van der Waals surface area contributed by atoms with Gasteiger partial charge in [-0.15, -0.1) is 0 Å². The number of fused-ring (bicyclic) bond motifs is 1. The second kappa shape index (κ2) is 8.69. The fraction of sp³-hybridized carbons (Fsp3) is 0.208. The number of carbonyl (C=O) groups excluding carboxylic acids is 1. The summed E-state index contributed by atoms with van der Waals surface area (Å²) < 4.78 is 42.7. The van der Waals surface area contributed by atoms with Crippen LogP contribution in [0.15, 0.2) is 55.0 Å². The molecule has 0 unspecified atom stereocenters. The molecule has 2 aromatic carbocycles. The molecule has 0 aliphatic rings. The van der Waals surface area contributed by atoms with Gasteiger partial charge in [-0.3, -0.25) is 9.67 Å². The summed E-state index contributed by atoms with van der Waals surface area (Å²) in [4.78, 5) is 18.2. The molecule has 2 N–H and O–H groups in total. The number of nitrogens with zero attached hydrogens (tertiary/aromatic N) is 4. The van der Waals surface area contributed by atoms with Crippen molar-refractivity contribution in [3.63, 3.8) is 0 Å². The number of aryl methyl sites for hydroxylation is 1. The molecule has 34 heavy (non-hydrogen) atoms. The Morgan fingerprint density at radius 3 is 2.35 bits per heavy atom. The molecule has 0 aliphatic carbocycles. The Bertz CT molecular complexity index is 1360. The van der Waals surface area contributed by atoms with Gasteiger partial charge in [0.05, 0.1) is 23.5 Å². The Morgan fingerprint density at radius 1 is 1.00 bits per heavy atom. The van der Waals surface area contributed by atoms with Crippen molar-refractivity contribution in [2.24, 2.45) is 7.05 Å². The highest BCUT2D eigenvalue weighted by Crippen LogP contribution is 2.41. The average molecular weight is 468 g/mol. The Kier molecular flexibility index (Phi) is 5.90. The predicted octanol–water partition coefficient (Wildman–Crippen LogP) is 5.67. The van der Waals surface area contributed by atoms with Crippen molar-refractivity contribution in [3.8, 4) is 11.1 Å². The van der Waals surface area contributed by atoms with E-state index in [-0.39, 0.29) is 16.9 Å². The summed E-state index contributed by atoms with van der Waals surface area (Å²) in [6, 6.07) is 9.26. The van der Waals surface area contributed by atoms with E-state index in [1.807, 2.05) is 19.2 Å². The zero-order valence-corrected chi connectivity index (χ0v) is 19.0. The van der Waals surface area contributed by atoms with Gasteiger partial charge in [0, 0.05) is 55.4 Å². The number of pyridine rings is 1. The number of alkyl halides is 3. The third kappa shape index (κ3) is 4.39. The summed E-state index contributed by atoms with van der Waals surface area (Å²) in [5.41, 5.74) is 2.46. The highest BCUT2D eigenvalue weighted by molar-refractivity contribution is 6.01. The van der Waals surface area contributed by atoms with Crippen LogP contribution < -0.4 is 15.5 Å². The minimum atomic E-state index is -4.56. The molecule has 0 radical (unpaired) electrons. The fourth-order valence-electron chi connectivity index (χ4n) is 3.87. The van der Waals surface area contributed by atoms with Gasteiger partial charge in [0.1, 0.15) is 0 Å². The van der Waals surface area contributed by atoms with Crippen LogP contribution in [-0.2, 0) is 13.2 Å². The molecule has 0 saturated heterocycles. The number of hydrogen-bond donors (Lipinski definition) is 2. The summed E-state index contributed by atoms with van der Waals surface area (Å²) in [6.07, 6.45) is 0.700. The van der Waals surface area contributed by atoms with Crippen LogP contribution in [0.1, 0.15) is 11.1 Å². The number of rotatable bonds is 4. The molecule has 10 heteroatoms. The van der Waals surface area contributed by atoms with Gasteiger partial charge < -0.3 is 15.5 Å². The van der Waals surface area contributed by atoms with Gasteiger partial charge in [0.25, 0.3) is 0 Å². The molecule has 4 aromatic rings. The highest BCUT2D eigenvalue weighted by Gasteiger charge is 2.37. The molecule has 0 atom stereocenters. The van der Waals surface area contributed by atoms with Gasteiger partial charge in [0.2, 0.25) is 0 Å². The van der Waals surface area contributed by atoms with Crippen molar-refractivity contribution < 1.29 is 18.0 Å². The quantitative estimate of drug-likeness (QED) is 0.405. The Balaban J connectivity index is 1.53. The van der Waals surface area contributed by atoms with Gasteiger partial charge in [-0.1, -0.05) is 12.1 Å². The molecule has 0 spiro atoms. The third-order valence-electron chi connectivity index (χ3n) is 5.59. The van der Waals surface area contributed by atoms with Crippen molar-refractivity contribution in [1.82, 2.24) is 14.8 Å². The van der Waals surface area contributed by atoms with Crippen molar-refractivity contribution in [3.05, 3.63) is 66.1 Å². The topological polar surface area (TPSA) is 75.1 Å². The van der Waals surface area contributed by atoms with Crippen LogP contribution in [0.2, 0.25) is 0 Å². The van der Waals surface area contributed by atoms with E-state index < -0.39 is 17.8 Å². The zero-order valence-electron chi connectivity index (χ0n) is 19.0. The number of amides is 2. The molecule has 2 heterocycles. The van der Waals surface area contributed by atoms with Crippen LogP contribution in [0.4, 0.5) is 35.0 Å². The fourth-order valence-corrected chi connectivity index (χ4v) is 3.87. The molecule has 2 amide bonds. The number of halogens is 3. The van der Waals surface area contributed by atoms with E-state index in [0.29, 0.717) is 5.69 Å². The maximum Gasteiger partial charge on any atom is 0.418 e. The number of benzene rings is 2. The summed E-state index contributed by atoms with van der Waals surface area (Å²) in [7, 11) is 4.92. The van der Waals surface area contributed by atoms with E-state index in [9.17, 15) is 18.0 Å². The summed E-state index contributed by atoms with van der Waals surface area (Å²) >= 11 is 0. The normalized spacial score (nSPS) is 11.5. The van der Waals surface area contributed by atoms with Gasteiger partial charge in [-0.05, 0) is 42.3 Å². The number of nitrogens with one attached hydrogen (secondary N) is 2. The number of hydrogen-bond acceptors (Lipinski definition) is 4. The minimum Gasteiger partial charge on any atom is -0.377 e. The Hall–Kier alpha value is -4.08. The SMILES string of the molecule is Cc1c(NC(=O)Nc2ccc(-c3cncc4c3cnn4C)cc2)ccc(N(C)C)c1C(F)(F)F. The van der Waals surface area contributed by atoms with E-state index in [2.05, 4.69) is 20.7 Å². The van der Waals surface area contributed by atoms with Crippen LogP contribution in [0.5, 0.6) is 0 Å². The van der Waals surface area contributed by atoms with Crippen LogP contribution in [0, 0.1) is 6.92 Å². The van der Waals surface area contributed by atoms with Crippen LogP contribution in [-0.4, -0.2) is 34.9 Å². The maximum absolute atomic E-state index is 13.6. The van der Waals surface area contributed by atoms with Crippen molar-refractivity contribution in [2.75, 3.05) is 29.6 Å². The van der Waals surface area contributed by atoms with E-state index >= 15 is 0 Å². The second-order valence-electron chi connectivity index (χ2n) is 8.07. The number of anilines is 3. The molecule has 2 aromatic heterocycles. The minimum absolute atomic E-state index is 0.0321. The van der Waals surface area contributed by atoms with Gasteiger partial charge >= 0.3 is 12.2 Å². The Morgan fingerprint density at radius 2 is 1.71 bits per heavy atom. The van der Waals surface area contributed by atoms with E-state index in [1.165, 1.54) is 38.1 Å². The molecule has 0 aliphatic heterocycles. The second-order valence-corrected chi connectivity index (χ2v) is 8.07. The molecule has 0 bridgehead atoms. The van der Waals surface area contributed by atoms with E-state index in [0.717, 1.165) is 22.0 Å². The zero-order chi connectivity index (χ0) is 24.6. The first-order valence-corrected chi connectivity index (χ1v) is 10.4. The predicted molar refractivity (Wildman–Crippen MR) is 127 cm³/mol. The first-order valence-electron chi connectivity index (χ1n) is 10.4. The van der Waals surface area contributed by atoms with Crippen LogP contribution >= 0.6 is 0 Å². The third-order valence-corrected chi connectivity index (χ3v) is 5.59. The standard InChI is InChI=1S/C24H23F3N6O/c1-14-19(9-10-20(32(2)3)22(14)24(25,26)27)31-23(34)30-16-7-5-15(6-8-16)17-11-28-13-21-18(17)12-29-33(21)4/h5-13H,1-4H3,(H2,30,31,34). The number of urea groups is 1. The molecule has 0 saturated carbocycles. The monoisotopic (exact) mass is 468 g/mol. The van der Waals surface area contributed by atoms with Gasteiger partial charge in [-0.2, -0.15) is 18.3 Å². The lowest BCUT2D eigenvalue weighted by Gasteiger charge is -2.23. The van der Waals surface area contributed by atoms with E-state index in [4.69, 9.17) is 0 Å². The molecule has 7 nitrogen and oxygen atoms in total. The number of aromatic nitrogens is 3. The average Bonchev–Trinajstić information content (AvgIpc) is 3.15. The molecule has 176 valence electrons. The highest BCUT2D eigenvalue weighted by atomic mass is 19.4. The first kappa shape index (κ1) is 23.1. The lowest BCUT2D eigenvalue weighted by Crippen LogP contribution is -2.22. The largest absolute Gasteiger partial charge is 0.418 e. The van der Waals surface area contributed by atoms with Crippen molar-refractivity contribution in [1.29, 1.82) is 0 Å². The smallest absolute Gasteiger partial charge is 0.377 e. The molecular formula is C24H23F3N6O. The number of carbonyl (C=O) groups is 1.